The first-order valence-electron chi connectivity index (χ1n) is 8.91. The zero-order valence-corrected chi connectivity index (χ0v) is 17.2. The van der Waals surface area contributed by atoms with Gasteiger partial charge in [0, 0.05) is 6.92 Å². The fourth-order valence-electron chi connectivity index (χ4n) is 2.94. The quantitative estimate of drug-likeness (QED) is 0.359. The van der Waals surface area contributed by atoms with Crippen molar-refractivity contribution in [3.63, 3.8) is 0 Å². The molecule has 0 N–H and O–H groups in total. The number of esters is 1. The van der Waals surface area contributed by atoms with Gasteiger partial charge in [0.05, 0.1) is 24.3 Å². The summed E-state index contributed by atoms with van der Waals surface area (Å²) < 4.78 is 17.5. The van der Waals surface area contributed by atoms with Crippen LogP contribution in [0.2, 0.25) is 0 Å². The summed E-state index contributed by atoms with van der Waals surface area (Å²) in [7, 11) is 3.05. The highest BCUT2D eigenvalue weighted by atomic mass is 32.1. The lowest BCUT2D eigenvalue weighted by Gasteiger charge is -2.08. The number of thiazole rings is 1. The van der Waals surface area contributed by atoms with Crippen LogP contribution in [-0.4, -0.2) is 34.8 Å². The topological polar surface area (TPSA) is 92.0 Å². The molecule has 152 valence electrons. The Balaban J connectivity index is 1.75. The summed E-state index contributed by atoms with van der Waals surface area (Å²) in [5.41, 5.74) is 1.16. The Kier molecular flexibility index (Phi) is 5.20. The summed E-state index contributed by atoms with van der Waals surface area (Å²) in [4.78, 5) is 29.0. The molecular weight excluding hydrogens is 406 g/mol. The highest BCUT2D eigenvalue weighted by Gasteiger charge is 2.15. The third-order valence-electron chi connectivity index (χ3n) is 4.27. The Labute approximate surface area is 175 Å². The van der Waals surface area contributed by atoms with Gasteiger partial charge in [-0.2, -0.15) is 9.50 Å². The minimum Gasteiger partial charge on any atom is -0.496 e. The van der Waals surface area contributed by atoms with Crippen molar-refractivity contribution in [2.75, 3.05) is 14.2 Å². The molecule has 0 bridgehead atoms. The summed E-state index contributed by atoms with van der Waals surface area (Å²) in [6.45, 7) is 1.32. The fraction of sp³-hybridized carbons (Fsp3) is 0.143. The van der Waals surface area contributed by atoms with Gasteiger partial charge in [-0.05, 0) is 35.9 Å². The van der Waals surface area contributed by atoms with Crippen molar-refractivity contribution in [3.8, 4) is 28.6 Å². The number of fused-ring (bicyclic) bond motifs is 1. The number of nitrogens with zero attached hydrogens (tertiary/aromatic N) is 3. The summed E-state index contributed by atoms with van der Waals surface area (Å²) in [5, 5.41) is 4.36. The lowest BCUT2D eigenvalue weighted by Crippen LogP contribution is -2.23. The second-order valence-corrected chi connectivity index (χ2v) is 7.26. The van der Waals surface area contributed by atoms with Crippen LogP contribution in [0.4, 0.5) is 0 Å². The van der Waals surface area contributed by atoms with E-state index in [0.717, 1.165) is 0 Å². The van der Waals surface area contributed by atoms with E-state index in [-0.39, 0.29) is 5.56 Å². The van der Waals surface area contributed by atoms with Gasteiger partial charge in [0.1, 0.15) is 5.75 Å². The van der Waals surface area contributed by atoms with Crippen molar-refractivity contribution in [3.05, 3.63) is 62.9 Å². The molecule has 0 fully saturated rings. The van der Waals surface area contributed by atoms with Crippen LogP contribution in [0.25, 0.3) is 22.4 Å². The van der Waals surface area contributed by atoms with Crippen molar-refractivity contribution in [2.24, 2.45) is 0 Å². The minimum absolute atomic E-state index is 0.272. The smallest absolute Gasteiger partial charge is 0.308 e. The maximum absolute atomic E-state index is 12.8. The second-order valence-electron chi connectivity index (χ2n) is 6.25. The third kappa shape index (κ3) is 3.62. The van der Waals surface area contributed by atoms with Crippen molar-refractivity contribution < 1.29 is 19.0 Å². The molecule has 8 nitrogen and oxygen atoms in total. The predicted octanol–water partition coefficient (Wildman–Crippen LogP) is 2.31. The van der Waals surface area contributed by atoms with E-state index >= 15 is 0 Å². The van der Waals surface area contributed by atoms with Crippen LogP contribution >= 0.6 is 11.3 Å². The molecule has 2 aromatic heterocycles. The van der Waals surface area contributed by atoms with Gasteiger partial charge >= 0.3 is 5.97 Å². The number of para-hydroxylation sites is 1. The molecule has 0 saturated carbocycles. The minimum atomic E-state index is -0.441. The number of rotatable bonds is 5. The van der Waals surface area contributed by atoms with E-state index in [2.05, 4.69) is 10.1 Å². The maximum atomic E-state index is 12.8. The molecule has 0 radical (unpaired) electrons. The van der Waals surface area contributed by atoms with Crippen LogP contribution in [0.3, 0.4) is 0 Å². The standard InChI is InChI=1S/C21H17N3O5S/c1-12(25)29-16-9-8-13(10-17(16)28-3)11-18-20(26)24-21(30-18)22-19(23-24)14-6-4-5-7-15(14)27-2/h4-11H,1-3H3/b18-11+. The monoisotopic (exact) mass is 423 g/mol. The zero-order valence-electron chi connectivity index (χ0n) is 16.4. The number of benzene rings is 2. The Morgan fingerprint density at radius 2 is 1.83 bits per heavy atom. The molecule has 2 heterocycles. The van der Waals surface area contributed by atoms with E-state index in [9.17, 15) is 9.59 Å². The molecule has 4 rings (SSSR count). The maximum Gasteiger partial charge on any atom is 0.308 e. The molecule has 0 saturated heterocycles. The molecule has 30 heavy (non-hydrogen) atoms. The first-order chi connectivity index (χ1) is 14.5. The lowest BCUT2D eigenvalue weighted by molar-refractivity contribution is -0.132. The van der Waals surface area contributed by atoms with E-state index in [4.69, 9.17) is 14.2 Å². The fourth-order valence-corrected chi connectivity index (χ4v) is 3.85. The molecule has 0 aliphatic rings. The van der Waals surface area contributed by atoms with E-state index in [1.54, 1.807) is 31.4 Å². The normalized spacial score (nSPS) is 11.6. The Hall–Kier alpha value is -3.72. The lowest BCUT2D eigenvalue weighted by atomic mass is 10.2. The average Bonchev–Trinajstić information content (AvgIpc) is 3.28. The van der Waals surface area contributed by atoms with Crippen molar-refractivity contribution >= 4 is 28.3 Å². The van der Waals surface area contributed by atoms with E-state index in [1.165, 1.54) is 29.9 Å². The molecule has 0 aliphatic carbocycles. The Morgan fingerprint density at radius 1 is 1.07 bits per heavy atom. The number of aromatic nitrogens is 3. The third-order valence-corrected chi connectivity index (χ3v) is 5.23. The van der Waals surface area contributed by atoms with Gasteiger partial charge in [-0.1, -0.05) is 29.5 Å². The first-order valence-corrected chi connectivity index (χ1v) is 9.73. The van der Waals surface area contributed by atoms with E-state index < -0.39 is 5.97 Å². The number of carbonyl (C=O) groups is 1. The van der Waals surface area contributed by atoms with Crippen LogP contribution < -0.4 is 24.3 Å². The van der Waals surface area contributed by atoms with Gasteiger partial charge < -0.3 is 14.2 Å². The molecular formula is C21H17N3O5S. The largest absolute Gasteiger partial charge is 0.496 e. The number of ether oxygens (including phenoxy) is 3. The van der Waals surface area contributed by atoms with Gasteiger partial charge in [-0.25, -0.2) is 0 Å². The average molecular weight is 423 g/mol. The molecule has 4 aromatic rings. The number of hydrogen-bond donors (Lipinski definition) is 0. The zero-order chi connectivity index (χ0) is 21.3. The van der Waals surface area contributed by atoms with E-state index in [0.29, 0.717) is 43.7 Å². The van der Waals surface area contributed by atoms with Crippen molar-refractivity contribution in [1.29, 1.82) is 0 Å². The summed E-state index contributed by atoms with van der Waals surface area (Å²) in [6, 6.07) is 12.4. The molecule has 9 heteroatoms. The molecule has 0 amide bonds. The molecule has 0 atom stereocenters. The van der Waals surface area contributed by atoms with Crippen LogP contribution in [0.5, 0.6) is 17.2 Å². The number of hydrogen-bond acceptors (Lipinski definition) is 8. The molecule has 0 unspecified atom stereocenters. The molecule has 2 aromatic carbocycles. The summed E-state index contributed by atoms with van der Waals surface area (Å²) in [5.74, 6) is 1.32. The van der Waals surface area contributed by atoms with Gasteiger partial charge in [-0.15, -0.1) is 5.10 Å². The van der Waals surface area contributed by atoms with Crippen LogP contribution in [0.1, 0.15) is 12.5 Å². The van der Waals surface area contributed by atoms with Gasteiger partial charge in [-0.3, -0.25) is 9.59 Å². The van der Waals surface area contributed by atoms with Gasteiger partial charge in [0.15, 0.2) is 17.3 Å². The SMILES string of the molecule is COc1cc(/C=c2/sc3nc(-c4ccccc4OC)nn3c2=O)ccc1OC(C)=O. The summed E-state index contributed by atoms with van der Waals surface area (Å²) >= 11 is 1.23. The van der Waals surface area contributed by atoms with Crippen LogP contribution in [0.15, 0.2) is 47.3 Å². The molecule has 0 spiro atoms. The van der Waals surface area contributed by atoms with Crippen molar-refractivity contribution in [1.82, 2.24) is 14.6 Å². The number of carbonyl (C=O) groups excluding carboxylic acids is 1. The van der Waals surface area contributed by atoms with Gasteiger partial charge in [0.2, 0.25) is 4.96 Å². The van der Waals surface area contributed by atoms with Gasteiger partial charge in [0.25, 0.3) is 5.56 Å². The predicted molar refractivity (Wildman–Crippen MR) is 112 cm³/mol. The van der Waals surface area contributed by atoms with Crippen LogP contribution in [-0.2, 0) is 4.79 Å². The van der Waals surface area contributed by atoms with Crippen molar-refractivity contribution in [2.45, 2.75) is 6.92 Å². The number of methoxy groups -OCH3 is 2. The highest BCUT2D eigenvalue weighted by molar-refractivity contribution is 7.15. The first kappa shape index (κ1) is 19.6. The highest BCUT2D eigenvalue weighted by Crippen LogP contribution is 2.29. The Bertz CT molecular complexity index is 1360. The van der Waals surface area contributed by atoms with E-state index in [1.807, 2.05) is 24.3 Å². The summed E-state index contributed by atoms with van der Waals surface area (Å²) in [6.07, 6.45) is 1.71. The van der Waals surface area contributed by atoms with Crippen LogP contribution in [0, 0.1) is 0 Å². The Morgan fingerprint density at radius 3 is 2.53 bits per heavy atom. The second kappa shape index (κ2) is 7.96. The molecule has 0 aliphatic heterocycles.